The molecule has 0 saturated heterocycles. The Kier molecular flexibility index (Phi) is 9.71. The summed E-state index contributed by atoms with van der Waals surface area (Å²) in [5.41, 5.74) is 7.66. The van der Waals surface area contributed by atoms with Crippen molar-refractivity contribution >= 4 is 21.7 Å². The van der Waals surface area contributed by atoms with Crippen LogP contribution >= 0.6 is 0 Å². The van der Waals surface area contributed by atoms with Gasteiger partial charge in [-0.25, -0.2) is 12.8 Å². The maximum absolute atomic E-state index is 12.7. The average molecular weight is 534 g/mol. The molecular weight excluding hydrogens is 501 g/mol. The number of aromatic nitrogens is 2. The van der Waals surface area contributed by atoms with Gasteiger partial charge in [0.1, 0.15) is 11.5 Å². The zero-order valence-corrected chi connectivity index (χ0v) is 22.3. The minimum absolute atomic E-state index is 0.00168. The molecule has 3 aromatic rings. The fourth-order valence-corrected chi connectivity index (χ4v) is 4.54. The zero-order chi connectivity index (χ0) is 28.0. The lowest BCUT2D eigenvalue weighted by molar-refractivity contribution is -0.149. The SMILES string of the molecule is CC(C)OC(=O)C(C)(C)S(=O)(=O)c1ccc(CCO)cc1.Cn1nc(-c2ccc(F)cc2)cc1C(N)=O. The Morgan fingerprint density at radius 2 is 1.68 bits per heavy atom. The van der Waals surface area contributed by atoms with Gasteiger partial charge in [-0.1, -0.05) is 12.1 Å². The van der Waals surface area contributed by atoms with E-state index >= 15 is 0 Å². The van der Waals surface area contributed by atoms with E-state index in [0.717, 1.165) is 11.1 Å². The number of halogens is 1. The molecule has 1 heterocycles. The van der Waals surface area contributed by atoms with E-state index in [1.807, 2.05) is 0 Å². The van der Waals surface area contributed by atoms with Gasteiger partial charge in [-0.15, -0.1) is 0 Å². The van der Waals surface area contributed by atoms with E-state index in [1.54, 1.807) is 51.2 Å². The Balaban J connectivity index is 0.000000269. The van der Waals surface area contributed by atoms with E-state index in [-0.39, 0.29) is 23.4 Å². The number of nitrogens with two attached hydrogens (primary N) is 1. The lowest BCUT2D eigenvalue weighted by atomic mass is 10.1. The molecule has 0 unspecified atom stereocenters. The second-order valence-electron chi connectivity index (χ2n) is 8.99. The van der Waals surface area contributed by atoms with Crippen LogP contribution in [0.4, 0.5) is 4.39 Å². The van der Waals surface area contributed by atoms with Crippen LogP contribution in [0.1, 0.15) is 43.7 Å². The molecule has 0 bridgehead atoms. The summed E-state index contributed by atoms with van der Waals surface area (Å²) in [5, 5.41) is 13.0. The highest BCUT2D eigenvalue weighted by Gasteiger charge is 2.44. The summed E-state index contributed by atoms with van der Waals surface area (Å²) in [4.78, 5) is 23.1. The molecule has 37 heavy (non-hydrogen) atoms. The second-order valence-corrected chi connectivity index (χ2v) is 11.5. The maximum Gasteiger partial charge on any atom is 0.327 e. The van der Waals surface area contributed by atoms with Gasteiger partial charge in [-0.05, 0) is 82.1 Å². The molecule has 0 fully saturated rings. The first-order valence-corrected chi connectivity index (χ1v) is 12.9. The van der Waals surface area contributed by atoms with E-state index in [9.17, 15) is 22.4 Å². The molecule has 0 aliphatic carbocycles. The summed E-state index contributed by atoms with van der Waals surface area (Å²) in [6, 6.07) is 13.6. The first kappa shape index (κ1) is 29.7. The number of nitrogens with zero attached hydrogens (tertiary/aromatic N) is 2. The number of aliphatic hydroxyl groups excluding tert-OH is 1. The number of primary amides is 1. The Morgan fingerprint density at radius 1 is 1.11 bits per heavy atom. The van der Waals surface area contributed by atoms with Crippen molar-refractivity contribution in [1.29, 1.82) is 0 Å². The summed E-state index contributed by atoms with van der Waals surface area (Å²) in [6.45, 7) is 6.02. The molecular formula is C26H32FN3O6S. The topological polar surface area (TPSA) is 142 Å². The molecule has 0 aliphatic rings. The largest absolute Gasteiger partial charge is 0.462 e. The minimum Gasteiger partial charge on any atom is -0.462 e. The van der Waals surface area contributed by atoms with Crippen LogP contribution in [0.25, 0.3) is 11.3 Å². The van der Waals surface area contributed by atoms with Crippen LogP contribution in [0, 0.1) is 5.82 Å². The highest BCUT2D eigenvalue weighted by Crippen LogP contribution is 2.27. The molecule has 0 spiro atoms. The predicted octanol–water partition coefficient (Wildman–Crippen LogP) is 3.05. The van der Waals surface area contributed by atoms with E-state index in [4.69, 9.17) is 15.6 Å². The van der Waals surface area contributed by atoms with Crippen molar-refractivity contribution in [1.82, 2.24) is 9.78 Å². The average Bonchev–Trinajstić information content (AvgIpc) is 3.22. The van der Waals surface area contributed by atoms with Crippen molar-refractivity contribution in [3.63, 3.8) is 0 Å². The highest BCUT2D eigenvalue weighted by atomic mass is 32.2. The van der Waals surface area contributed by atoms with Crippen molar-refractivity contribution in [2.24, 2.45) is 12.8 Å². The van der Waals surface area contributed by atoms with Crippen LogP contribution in [0.15, 0.2) is 59.5 Å². The van der Waals surface area contributed by atoms with Crippen LogP contribution < -0.4 is 5.73 Å². The van der Waals surface area contributed by atoms with Crippen LogP contribution in [-0.4, -0.2) is 52.6 Å². The van der Waals surface area contributed by atoms with Crippen LogP contribution in [0.3, 0.4) is 0 Å². The first-order valence-electron chi connectivity index (χ1n) is 11.5. The van der Waals surface area contributed by atoms with Gasteiger partial charge in [0.15, 0.2) is 14.6 Å². The Labute approximate surface area is 216 Å². The highest BCUT2D eigenvalue weighted by molar-refractivity contribution is 7.93. The monoisotopic (exact) mass is 533 g/mol. The molecule has 200 valence electrons. The molecule has 3 N–H and O–H groups in total. The minimum atomic E-state index is -3.85. The first-order chi connectivity index (χ1) is 17.2. The van der Waals surface area contributed by atoms with E-state index in [0.29, 0.717) is 17.8 Å². The molecule has 0 saturated carbocycles. The number of aliphatic hydroxyl groups is 1. The third kappa shape index (κ3) is 7.23. The number of hydrogen-bond acceptors (Lipinski definition) is 7. The Hall–Kier alpha value is -3.57. The molecule has 3 rings (SSSR count). The summed E-state index contributed by atoms with van der Waals surface area (Å²) in [7, 11) is -2.22. The van der Waals surface area contributed by atoms with Crippen LogP contribution in [0.2, 0.25) is 0 Å². The van der Waals surface area contributed by atoms with Gasteiger partial charge in [0, 0.05) is 19.2 Å². The van der Waals surface area contributed by atoms with Gasteiger partial charge >= 0.3 is 5.97 Å². The number of benzene rings is 2. The predicted molar refractivity (Wildman–Crippen MR) is 137 cm³/mol. The summed E-state index contributed by atoms with van der Waals surface area (Å²) >= 11 is 0. The third-order valence-electron chi connectivity index (χ3n) is 5.41. The zero-order valence-electron chi connectivity index (χ0n) is 21.4. The standard InChI is InChI=1S/C15H22O5S.C11H10FN3O/c1-11(2)20-14(17)15(3,4)21(18,19)13-7-5-12(6-8-13)9-10-16;1-15-10(11(13)16)6-9(14-15)7-2-4-8(12)5-3-7/h5-8,11,16H,9-10H2,1-4H3;2-6H,1H3,(H2,13,16). The number of carbonyl (C=O) groups excluding carboxylic acids is 2. The van der Waals surface area contributed by atoms with Gasteiger partial charge in [-0.2, -0.15) is 5.10 Å². The Bertz CT molecular complexity index is 1330. The number of ether oxygens (including phenoxy) is 1. The van der Waals surface area contributed by atoms with Crippen molar-refractivity contribution < 1.29 is 32.2 Å². The lowest BCUT2D eigenvalue weighted by Gasteiger charge is -2.24. The molecule has 9 nitrogen and oxygen atoms in total. The molecule has 1 aromatic heterocycles. The van der Waals surface area contributed by atoms with Gasteiger partial charge in [0.2, 0.25) is 0 Å². The van der Waals surface area contributed by atoms with Crippen LogP contribution in [-0.2, 0) is 32.8 Å². The second kappa shape index (κ2) is 12.1. The molecule has 2 aromatic carbocycles. The van der Waals surface area contributed by atoms with Crippen molar-refractivity contribution in [2.45, 2.75) is 49.9 Å². The molecule has 0 atom stereocenters. The number of aryl methyl sites for hydroxylation is 1. The Morgan fingerprint density at radius 3 is 2.14 bits per heavy atom. The van der Waals surface area contributed by atoms with Gasteiger partial charge in [0.05, 0.1) is 16.7 Å². The van der Waals surface area contributed by atoms with Gasteiger partial charge in [-0.3, -0.25) is 14.3 Å². The smallest absolute Gasteiger partial charge is 0.327 e. The van der Waals surface area contributed by atoms with Crippen molar-refractivity contribution in [2.75, 3.05) is 6.61 Å². The fraction of sp³-hybridized carbons (Fsp3) is 0.346. The number of esters is 1. The molecule has 11 heteroatoms. The maximum atomic E-state index is 12.7. The molecule has 1 amide bonds. The van der Waals surface area contributed by atoms with E-state index < -0.39 is 26.5 Å². The summed E-state index contributed by atoms with van der Waals surface area (Å²) in [6.07, 6.45) is 0.0814. The number of carbonyl (C=O) groups is 2. The van der Waals surface area contributed by atoms with E-state index in [1.165, 1.54) is 42.8 Å². The van der Waals surface area contributed by atoms with Crippen molar-refractivity contribution in [3.8, 4) is 11.3 Å². The number of rotatable bonds is 8. The fourth-order valence-electron chi connectivity index (χ4n) is 3.18. The van der Waals surface area contributed by atoms with Gasteiger partial charge < -0.3 is 15.6 Å². The van der Waals surface area contributed by atoms with Crippen molar-refractivity contribution in [3.05, 3.63) is 71.7 Å². The number of sulfone groups is 1. The summed E-state index contributed by atoms with van der Waals surface area (Å²) in [5.74, 6) is -1.62. The van der Waals surface area contributed by atoms with Crippen LogP contribution in [0.5, 0.6) is 0 Å². The lowest BCUT2D eigenvalue weighted by Crippen LogP contribution is -2.42. The van der Waals surface area contributed by atoms with E-state index in [2.05, 4.69) is 5.10 Å². The quantitative estimate of drug-likeness (QED) is 0.424. The third-order valence-corrected chi connectivity index (χ3v) is 7.82. The number of hydrogen-bond donors (Lipinski definition) is 2. The number of amides is 1. The normalized spacial score (nSPS) is 11.6. The van der Waals surface area contributed by atoms with Gasteiger partial charge in [0.25, 0.3) is 5.91 Å². The molecule has 0 radical (unpaired) electrons. The molecule has 0 aliphatic heterocycles. The summed E-state index contributed by atoms with van der Waals surface area (Å²) < 4.78 is 42.7.